The number of hydrogen-bond donors (Lipinski definition) is 1. The van der Waals surface area contributed by atoms with Crippen molar-refractivity contribution in [2.45, 2.75) is 24.6 Å². The van der Waals surface area contributed by atoms with Crippen LogP contribution in [0.25, 0.3) is 0 Å². The van der Waals surface area contributed by atoms with E-state index in [0.29, 0.717) is 6.42 Å². The standard InChI is InChI=1S/C6H10BrF2NO/c1-2-4(7)6(11)10-3-5(8)9/h4-5H,2-3H2,1H3,(H,10,11). The van der Waals surface area contributed by atoms with Crippen molar-refractivity contribution in [3.63, 3.8) is 0 Å². The summed E-state index contributed by atoms with van der Waals surface area (Å²) in [5, 5.41) is 2.10. The minimum absolute atomic E-state index is 0.360. The molecule has 0 aromatic heterocycles. The first-order valence-electron chi connectivity index (χ1n) is 3.27. The lowest BCUT2D eigenvalue weighted by Crippen LogP contribution is -2.34. The average molecular weight is 230 g/mol. The van der Waals surface area contributed by atoms with Gasteiger partial charge in [-0.25, -0.2) is 8.78 Å². The first-order chi connectivity index (χ1) is 5.07. The predicted octanol–water partition coefficient (Wildman–Crippen LogP) is 1.54. The highest BCUT2D eigenvalue weighted by Gasteiger charge is 2.13. The molecular formula is C6H10BrF2NO. The summed E-state index contributed by atoms with van der Waals surface area (Å²) in [6.45, 7) is 1.22. The minimum Gasteiger partial charge on any atom is -0.349 e. The van der Waals surface area contributed by atoms with Gasteiger partial charge in [0.25, 0.3) is 6.43 Å². The molecule has 0 aliphatic carbocycles. The van der Waals surface area contributed by atoms with E-state index < -0.39 is 13.0 Å². The molecule has 1 atom stereocenters. The van der Waals surface area contributed by atoms with Gasteiger partial charge < -0.3 is 5.32 Å². The van der Waals surface area contributed by atoms with Crippen LogP contribution in [-0.2, 0) is 4.79 Å². The van der Waals surface area contributed by atoms with Crippen molar-refractivity contribution in [1.29, 1.82) is 0 Å². The van der Waals surface area contributed by atoms with Gasteiger partial charge in [-0.1, -0.05) is 22.9 Å². The molecule has 0 heterocycles. The lowest BCUT2D eigenvalue weighted by Gasteiger charge is -2.07. The summed E-state index contributed by atoms with van der Waals surface area (Å²) >= 11 is 3.04. The maximum atomic E-state index is 11.5. The number of rotatable bonds is 4. The molecule has 0 fully saturated rings. The smallest absolute Gasteiger partial charge is 0.255 e. The summed E-state index contributed by atoms with van der Waals surface area (Å²) in [5.41, 5.74) is 0. The first-order valence-corrected chi connectivity index (χ1v) is 4.19. The molecule has 11 heavy (non-hydrogen) atoms. The molecule has 0 bridgehead atoms. The zero-order valence-electron chi connectivity index (χ0n) is 6.11. The molecule has 1 amide bonds. The molecule has 2 nitrogen and oxygen atoms in total. The van der Waals surface area contributed by atoms with Gasteiger partial charge in [-0.05, 0) is 6.42 Å². The molecule has 0 spiro atoms. The molecule has 0 radical (unpaired) electrons. The van der Waals surface area contributed by atoms with E-state index in [9.17, 15) is 13.6 Å². The maximum Gasteiger partial charge on any atom is 0.255 e. The summed E-state index contributed by atoms with van der Waals surface area (Å²) in [6.07, 6.45) is -1.88. The Labute approximate surface area is 72.5 Å². The summed E-state index contributed by atoms with van der Waals surface area (Å²) < 4.78 is 23.1. The third-order valence-electron chi connectivity index (χ3n) is 1.07. The lowest BCUT2D eigenvalue weighted by molar-refractivity contribution is -0.121. The second-order valence-electron chi connectivity index (χ2n) is 2.01. The highest BCUT2D eigenvalue weighted by molar-refractivity contribution is 9.10. The van der Waals surface area contributed by atoms with E-state index in [1.54, 1.807) is 6.92 Å². The van der Waals surface area contributed by atoms with Crippen LogP contribution in [0.4, 0.5) is 8.78 Å². The van der Waals surface area contributed by atoms with Gasteiger partial charge in [0.05, 0.1) is 11.4 Å². The van der Waals surface area contributed by atoms with E-state index in [-0.39, 0.29) is 10.7 Å². The molecule has 0 aromatic carbocycles. The van der Waals surface area contributed by atoms with Crippen molar-refractivity contribution in [3.05, 3.63) is 0 Å². The van der Waals surface area contributed by atoms with Gasteiger partial charge in [-0.15, -0.1) is 0 Å². The SMILES string of the molecule is CCC(Br)C(=O)NCC(F)F. The number of hydrogen-bond acceptors (Lipinski definition) is 1. The topological polar surface area (TPSA) is 29.1 Å². The summed E-state index contributed by atoms with van der Waals surface area (Å²) in [5.74, 6) is -0.382. The highest BCUT2D eigenvalue weighted by Crippen LogP contribution is 2.03. The minimum atomic E-state index is -2.48. The van der Waals surface area contributed by atoms with Crippen LogP contribution in [0.2, 0.25) is 0 Å². The quantitative estimate of drug-likeness (QED) is 0.729. The van der Waals surface area contributed by atoms with Crippen molar-refractivity contribution in [1.82, 2.24) is 5.32 Å². The van der Waals surface area contributed by atoms with Crippen molar-refractivity contribution in [2.24, 2.45) is 0 Å². The Bertz CT molecular complexity index is 132. The Morgan fingerprint density at radius 3 is 2.55 bits per heavy atom. The molecule has 0 aliphatic rings. The largest absolute Gasteiger partial charge is 0.349 e. The third kappa shape index (κ3) is 5.12. The van der Waals surface area contributed by atoms with E-state index in [0.717, 1.165) is 0 Å². The molecule has 1 unspecified atom stereocenters. The van der Waals surface area contributed by atoms with Gasteiger partial charge in [0.1, 0.15) is 0 Å². The van der Waals surface area contributed by atoms with Gasteiger partial charge in [-0.2, -0.15) is 0 Å². The molecule has 0 aromatic rings. The number of halogens is 3. The number of amides is 1. The lowest BCUT2D eigenvalue weighted by atomic mass is 10.3. The molecule has 0 saturated heterocycles. The number of alkyl halides is 3. The normalized spacial score (nSPS) is 13.2. The van der Waals surface area contributed by atoms with Crippen molar-refractivity contribution in [2.75, 3.05) is 6.54 Å². The molecule has 66 valence electrons. The summed E-state index contributed by atoms with van der Waals surface area (Å²) in [4.78, 5) is 10.4. The van der Waals surface area contributed by atoms with E-state index in [1.807, 2.05) is 0 Å². The van der Waals surface area contributed by atoms with Gasteiger partial charge in [-0.3, -0.25) is 4.79 Å². The Kier molecular flexibility index (Phi) is 5.36. The summed E-state index contributed by atoms with van der Waals surface area (Å²) in [7, 11) is 0. The molecule has 5 heteroatoms. The number of carbonyl (C=O) groups is 1. The maximum absolute atomic E-state index is 11.5. The first kappa shape index (κ1) is 10.8. The Morgan fingerprint density at radius 1 is 1.64 bits per heavy atom. The molecule has 0 aliphatic heterocycles. The van der Waals surface area contributed by atoms with Crippen molar-refractivity contribution < 1.29 is 13.6 Å². The second-order valence-corrected chi connectivity index (χ2v) is 3.12. The van der Waals surface area contributed by atoms with Crippen molar-refractivity contribution >= 4 is 21.8 Å². The van der Waals surface area contributed by atoms with Crippen LogP contribution in [0, 0.1) is 0 Å². The fourth-order valence-corrected chi connectivity index (χ4v) is 0.636. The van der Waals surface area contributed by atoms with E-state index >= 15 is 0 Å². The Balaban J connectivity index is 3.52. The van der Waals surface area contributed by atoms with Crippen LogP contribution in [-0.4, -0.2) is 23.7 Å². The number of carbonyl (C=O) groups excluding carboxylic acids is 1. The predicted molar refractivity (Wildman–Crippen MR) is 42.0 cm³/mol. The zero-order chi connectivity index (χ0) is 8.85. The van der Waals surface area contributed by atoms with Crippen LogP contribution in [0.15, 0.2) is 0 Å². The molecule has 1 N–H and O–H groups in total. The summed E-state index contributed by atoms with van der Waals surface area (Å²) in [6, 6.07) is 0. The zero-order valence-corrected chi connectivity index (χ0v) is 7.70. The van der Waals surface area contributed by atoms with Crippen LogP contribution >= 0.6 is 15.9 Å². The highest BCUT2D eigenvalue weighted by atomic mass is 79.9. The van der Waals surface area contributed by atoms with Gasteiger partial charge in [0.15, 0.2) is 0 Å². The van der Waals surface area contributed by atoms with Gasteiger partial charge in [0.2, 0.25) is 5.91 Å². The average Bonchev–Trinajstić information content (AvgIpc) is 1.98. The molecule has 0 rings (SSSR count). The fourth-order valence-electron chi connectivity index (χ4n) is 0.474. The molecular weight excluding hydrogens is 220 g/mol. The Hall–Kier alpha value is -0.190. The van der Waals surface area contributed by atoms with Gasteiger partial charge >= 0.3 is 0 Å². The monoisotopic (exact) mass is 229 g/mol. The van der Waals surface area contributed by atoms with Gasteiger partial charge in [0, 0.05) is 0 Å². The number of nitrogens with one attached hydrogen (secondary N) is 1. The van der Waals surface area contributed by atoms with Crippen LogP contribution in [0.5, 0.6) is 0 Å². The fraction of sp³-hybridized carbons (Fsp3) is 0.833. The molecule has 0 saturated carbocycles. The van der Waals surface area contributed by atoms with Crippen molar-refractivity contribution in [3.8, 4) is 0 Å². The third-order valence-corrected chi connectivity index (χ3v) is 2.14. The van der Waals surface area contributed by atoms with E-state index in [4.69, 9.17) is 0 Å². The van der Waals surface area contributed by atoms with E-state index in [1.165, 1.54) is 0 Å². The second kappa shape index (κ2) is 5.46. The van der Waals surface area contributed by atoms with Crippen LogP contribution in [0.1, 0.15) is 13.3 Å². The van der Waals surface area contributed by atoms with Crippen LogP contribution < -0.4 is 5.32 Å². The Morgan fingerprint density at radius 2 is 2.18 bits per heavy atom. The van der Waals surface area contributed by atoms with Crippen LogP contribution in [0.3, 0.4) is 0 Å². The van der Waals surface area contributed by atoms with E-state index in [2.05, 4.69) is 21.2 Å².